The lowest BCUT2D eigenvalue weighted by molar-refractivity contribution is 0.102. The number of nitrogens with zero attached hydrogens (tertiary/aromatic N) is 2. The van der Waals surface area contributed by atoms with Crippen LogP contribution in [0.5, 0.6) is 0 Å². The number of carbonyl (C=O) groups excluding carboxylic acids is 1. The number of aromatic nitrogens is 2. The highest BCUT2D eigenvalue weighted by Crippen LogP contribution is 2.32. The van der Waals surface area contributed by atoms with Gasteiger partial charge in [0.15, 0.2) is 0 Å². The van der Waals surface area contributed by atoms with Gasteiger partial charge in [0.1, 0.15) is 0 Å². The van der Waals surface area contributed by atoms with Gasteiger partial charge >= 0.3 is 0 Å². The fourth-order valence-electron chi connectivity index (χ4n) is 3.25. The zero-order chi connectivity index (χ0) is 20.8. The second kappa shape index (κ2) is 9.32. The molecule has 0 aliphatic heterocycles. The number of hydrogen-bond donors (Lipinski definition) is 2. The maximum Gasteiger partial charge on any atom is 0.257 e. The van der Waals surface area contributed by atoms with Gasteiger partial charge in [-0.25, -0.2) is 0 Å². The Bertz CT molecular complexity index is 941. The van der Waals surface area contributed by atoms with Crippen LogP contribution in [0, 0.1) is 0 Å². The van der Waals surface area contributed by atoms with Crippen molar-refractivity contribution < 1.29 is 4.79 Å². The van der Waals surface area contributed by atoms with E-state index in [9.17, 15) is 4.79 Å². The summed E-state index contributed by atoms with van der Waals surface area (Å²) in [6, 6.07) is 11.9. The fraction of sp³-hybridized carbons (Fsp3) is 0.292. The van der Waals surface area contributed by atoms with Gasteiger partial charge in [-0.15, -0.1) is 0 Å². The lowest BCUT2D eigenvalue weighted by atomic mass is 9.92. The van der Waals surface area contributed by atoms with E-state index in [4.69, 9.17) is 0 Å². The van der Waals surface area contributed by atoms with E-state index >= 15 is 0 Å². The number of nitrogens with one attached hydrogen (secondary N) is 2. The number of hydrogen-bond acceptors (Lipinski definition) is 4. The maximum absolute atomic E-state index is 13.0. The van der Waals surface area contributed by atoms with Gasteiger partial charge in [0.2, 0.25) is 0 Å². The third kappa shape index (κ3) is 5.19. The highest BCUT2D eigenvalue weighted by atomic mass is 16.1. The number of benzene rings is 1. The van der Waals surface area contributed by atoms with Crippen LogP contribution in [0.4, 0.5) is 11.4 Å². The molecule has 0 saturated carbocycles. The second-order valence-electron chi connectivity index (χ2n) is 7.75. The third-order valence-electron chi connectivity index (χ3n) is 4.83. The van der Waals surface area contributed by atoms with Crippen LogP contribution >= 0.6 is 0 Å². The number of para-hydroxylation sites is 1. The van der Waals surface area contributed by atoms with Crippen molar-refractivity contribution in [2.24, 2.45) is 0 Å². The second-order valence-corrected chi connectivity index (χ2v) is 7.75. The Kier molecular flexibility index (Phi) is 6.60. The Labute approximate surface area is 172 Å². The predicted molar refractivity (Wildman–Crippen MR) is 118 cm³/mol. The molecule has 1 aromatic carbocycles. The van der Waals surface area contributed by atoms with Crippen molar-refractivity contribution in [2.75, 3.05) is 10.6 Å². The molecular formula is C24H28N4O. The molecule has 1 amide bonds. The van der Waals surface area contributed by atoms with Crippen molar-refractivity contribution >= 4 is 17.3 Å². The molecule has 0 unspecified atom stereocenters. The highest BCUT2D eigenvalue weighted by molar-refractivity contribution is 6.05. The topological polar surface area (TPSA) is 66.9 Å². The van der Waals surface area contributed by atoms with E-state index in [0.29, 0.717) is 23.9 Å². The van der Waals surface area contributed by atoms with Crippen LogP contribution in [0.25, 0.3) is 0 Å². The van der Waals surface area contributed by atoms with Gasteiger partial charge in [-0.1, -0.05) is 52.0 Å². The van der Waals surface area contributed by atoms with Crippen LogP contribution in [-0.2, 0) is 6.54 Å². The summed E-state index contributed by atoms with van der Waals surface area (Å²) in [5, 5.41) is 6.44. The summed E-state index contributed by atoms with van der Waals surface area (Å²) in [5.74, 6) is 0.474. The first-order chi connectivity index (χ1) is 14.0. The van der Waals surface area contributed by atoms with Gasteiger partial charge < -0.3 is 10.6 Å². The first-order valence-electron chi connectivity index (χ1n) is 9.97. The number of amides is 1. The van der Waals surface area contributed by atoms with Gasteiger partial charge in [0.05, 0.1) is 11.3 Å². The molecule has 0 aliphatic rings. The van der Waals surface area contributed by atoms with Crippen LogP contribution in [0.3, 0.4) is 0 Å². The summed E-state index contributed by atoms with van der Waals surface area (Å²) >= 11 is 0. The summed E-state index contributed by atoms with van der Waals surface area (Å²) in [6.45, 7) is 9.17. The monoisotopic (exact) mass is 388 g/mol. The van der Waals surface area contributed by atoms with Crippen molar-refractivity contribution in [3.8, 4) is 0 Å². The van der Waals surface area contributed by atoms with Crippen LogP contribution in [0.2, 0.25) is 0 Å². The molecule has 0 saturated heterocycles. The van der Waals surface area contributed by atoms with E-state index in [1.807, 2.05) is 24.4 Å². The lowest BCUT2D eigenvalue weighted by Gasteiger charge is -2.20. The van der Waals surface area contributed by atoms with Crippen LogP contribution in [0.1, 0.15) is 66.6 Å². The maximum atomic E-state index is 13.0. The number of pyridine rings is 2. The minimum absolute atomic E-state index is 0.155. The van der Waals surface area contributed by atoms with Gasteiger partial charge in [0.25, 0.3) is 5.91 Å². The summed E-state index contributed by atoms with van der Waals surface area (Å²) in [5.41, 5.74) is 5.58. The smallest absolute Gasteiger partial charge is 0.257 e. The molecule has 0 bridgehead atoms. The Morgan fingerprint density at radius 3 is 2.28 bits per heavy atom. The van der Waals surface area contributed by atoms with E-state index in [-0.39, 0.29) is 5.91 Å². The summed E-state index contributed by atoms with van der Waals surface area (Å²) < 4.78 is 0. The molecule has 2 heterocycles. The van der Waals surface area contributed by atoms with Gasteiger partial charge in [-0.05, 0) is 40.7 Å². The number of rotatable bonds is 7. The van der Waals surface area contributed by atoms with Crippen LogP contribution in [-0.4, -0.2) is 15.9 Å². The van der Waals surface area contributed by atoms with Crippen LogP contribution < -0.4 is 10.6 Å². The SMILES string of the molecule is CC(C)c1cccc(C(C)C)c1NC(=O)c1cncc(NCc2cccnc2)c1. The molecule has 2 aromatic heterocycles. The molecule has 29 heavy (non-hydrogen) atoms. The summed E-state index contributed by atoms with van der Waals surface area (Å²) in [7, 11) is 0. The number of carbonyl (C=O) groups is 1. The van der Waals surface area contributed by atoms with Crippen molar-refractivity contribution in [2.45, 2.75) is 46.1 Å². The fourth-order valence-corrected chi connectivity index (χ4v) is 3.25. The molecule has 5 heteroatoms. The Morgan fingerprint density at radius 2 is 1.66 bits per heavy atom. The zero-order valence-corrected chi connectivity index (χ0v) is 17.4. The molecular weight excluding hydrogens is 360 g/mol. The minimum atomic E-state index is -0.155. The molecule has 0 fully saturated rings. The zero-order valence-electron chi connectivity index (χ0n) is 17.4. The summed E-state index contributed by atoms with van der Waals surface area (Å²) in [4.78, 5) is 21.4. The first kappa shape index (κ1) is 20.5. The van der Waals surface area contributed by atoms with Gasteiger partial charge in [-0.3, -0.25) is 14.8 Å². The average molecular weight is 389 g/mol. The molecule has 0 spiro atoms. The van der Waals surface area contributed by atoms with E-state index in [2.05, 4.69) is 66.5 Å². The molecule has 0 aliphatic carbocycles. The van der Waals surface area contributed by atoms with Gasteiger partial charge in [0, 0.05) is 37.0 Å². The molecule has 0 radical (unpaired) electrons. The lowest BCUT2D eigenvalue weighted by Crippen LogP contribution is -2.16. The highest BCUT2D eigenvalue weighted by Gasteiger charge is 2.17. The standard InChI is InChI=1S/C24H28N4O/c1-16(2)21-8-5-9-22(17(3)4)23(21)28-24(29)19-11-20(15-26-14-19)27-13-18-7-6-10-25-12-18/h5-12,14-17,27H,13H2,1-4H3,(H,28,29). The summed E-state index contributed by atoms with van der Waals surface area (Å²) in [6.07, 6.45) is 6.87. The van der Waals surface area contributed by atoms with E-state index in [0.717, 1.165) is 28.1 Å². The molecule has 3 aromatic rings. The number of anilines is 2. The van der Waals surface area contributed by atoms with Crippen molar-refractivity contribution in [3.05, 3.63) is 83.4 Å². The van der Waals surface area contributed by atoms with E-state index in [1.54, 1.807) is 18.6 Å². The molecule has 150 valence electrons. The molecule has 5 nitrogen and oxygen atoms in total. The molecule has 0 atom stereocenters. The van der Waals surface area contributed by atoms with Crippen molar-refractivity contribution in [1.29, 1.82) is 0 Å². The third-order valence-corrected chi connectivity index (χ3v) is 4.83. The Balaban J connectivity index is 1.80. The van der Waals surface area contributed by atoms with Crippen LogP contribution in [0.15, 0.2) is 61.2 Å². The first-order valence-corrected chi connectivity index (χ1v) is 9.97. The van der Waals surface area contributed by atoms with Crippen molar-refractivity contribution in [3.63, 3.8) is 0 Å². The molecule has 2 N–H and O–H groups in total. The van der Waals surface area contributed by atoms with Crippen molar-refractivity contribution in [1.82, 2.24) is 9.97 Å². The Morgan fingerprint density at radius 1 is 0.931 bits per heavy atom. The quantitative estimate of drug-likeness (QED) is 0.554. The molecule has 3 rings (SSSR count). The largest absolute Gasteiger partial charge is 0.380 e. The normalized spacial score (nSPS) is 11.0. The van der Waals surface area contributed by atoms with E-state index < -0.39 is 0 Å². The average Bonchev–Trinajstić information content (AvgIpc) is 2.73. The van der Waals surface area contributed by atoms with E-state index in [1.165, 1.54) is 0 Å². The minimum Gasteiger partial charge on any atom is -0.380 e. The Hall–Kier alpha value is -3.21. The predicted octanol–water partition coefficient (Wildman–Crippen LogP) is 5.59. The van der Waals surface area contributed by atoms with Gasteiger partial charge in [-0.2, -0.15) is 0 Å².